The lowest BCUT2D eigenvalue weighted by molar-refractivity contribution is 0.561. The van der Waals surface area contributed by atoms with Gasteiger partial charge in [0.25, 0.3) is 0 Å². The van der Waals surface area contributed by atoms with Gasteiger partial charge < -0.3 is 0 Å². The van der Waals surface area contributed by atoms with Crippen LogP contribution in [0.25, 0.3) is 0 Å². The summed E-state index contributed by atoms with van der Waals surface area (Å²) >= 11 is 4.24. The maximum atomic E-state index is 4.24. The Kier molecular flexibility index (Phi) is 6.64. The second-order valence-corrected chi connectivity index (χ2v) is 5.50. The van der Waals surface area contributed by atoms with Crippen LogP contribution in [-0.4, -0.2) is 4.75 Å². The summed E-state index contributed by atoms with van der Waals surface area (Å²) in [7, 11) is 1.68. The van der Waals surface area contributed by atoms with Crippen LogP contribution in [0.2, 0.25) is 0 Å². The summed E-state index contributed by atoms with van der Waals surface area (Å²) in [5.41, 5.74) is 0. The zero-order valence-electron chi connectivity index (χ0n) is 7.89. The standard InChI is InChI=1S/C9H20S2/c1-4-5-6-7-8-9(2,3)11-10/h10H,4-8H2,1-3H3. The van der Waals surface area contributed by atoms with Crippen molar-refractivity contribution in [2.45, 2.75) is 57.6 Å². The lowest BCUT2D eigenvalue weighted by Gasteiger charge is -2.20. The first kappa shape index (κ1) is 11.7. The molecule has 0 radical (unpaired) electrons. The Labute approximate surface area is 80.3 Å². The van der Waals surface area contributed by atoms with Gasteiger partial charge >= 0.3 is 0 Å². The second-order valence-electron chi connectivity index (χ2n) is 3.66. The fourth-order valence-electron chi connectivity index (χ4n) is 1.02. The predicted octanol–water partition coefficient (Wildman–Crippen LogP) is 4.31. The maximum Gasteiger partial charge on any atom is 0.0205 e. The largest absolute Gasteiger partial charge is 0.111 e. The third-order valence-electron chi connectivity index (χ3n) is 1.88. The quantitative estimate of drug-likeness (QED) is 0.372. The molecule has 0 rings (SSSR count). The average Bonchev–Trinajstić information content (AvgIpc) is 1.99. The number of hydrogen-bond acceptors (Lipinski definition) is 2. The van der Waals surface area contributed by atoms with Crippen molar-refractivity contribution >= 4 is 22.5 Å². The van der Waals surface area contributed by atoms with E-state index in [1.807, 2.05) is 0 Å². The van der Waals surface area contributed by atoms with Gasteiger partial charge in [0.1, 0.15) is 0 Å². The molecule has 2 heteroatoms. The van der Waals surface area contributed by atoms with Gasteiger partial charge in [-0.2, -0.15) is 0 Å². The molecule has 0 fully saturated rings. The van der Waals surface area contributed by atoms with Crippen molar-refractivity contribution < 1.29 is 0 Å². The van der Waals surface area contributed by atoms with Crippen LogP contribution in [0.5, 0.6) is 0 Å². The van der Waals surface area contributed by atoms with Crippen LogP contribution in [0.15, 0.2) is 0 Å². The van der Waals surface area contributed by atoms with Crippen LogP contribution in [0.4, 0.5) is 0 Å². The third kappa shape index (κ3) is 7.07. The molecule has 0 bridgehead atoms. The molecular weight excluding hydrogens is 172 g/mol. The molecule has 0 unspecified atom stereocenters. The van der Waals surface area contributed by atoms with Crippen molar-refractivity contribution in [3.05, 3.63) is 0 Å². The number of rotatable bonds is 6. The Balaban J connectivity index is 3.23. The van der Waals surface area contributed by atoms with Gasteiger partial charge in [-0.15, -0.1) is 11.7 Å². The number of thiol groups is 1. The highest BCUT2D eigenvalue weighted by atomic mass is 33.1. The van der Waals surface area contributed by atoms with Gasteiger partial charge in [-0.1, -0.05) is 43.4 Å². The first-order valence-electron chi connectivity index (χ1n) is 4.45. The zero-order valence-corrected chi connectivity index (χ0v) is 9.60. The van der Waals surface area contributed by atoms with E-state index in [0.29, 0.717) is 4.75 Å². The third-order valence-corrected chi connectivity index (χ3v) is 4.06. The molecule has 0 heterocycles. The Hall–Kier alpha value is 0.700. The van der Waals surface area contributed by atoms with Crippen molar-refractivity contribution in [1.82, 2.24) is 0 Å². The molecule has 0 aromatic heterocycles. The van der Waals surface area contributed by atoms with E-state index in [1.165, 1.54) is 32.1 Å². The van der Waals surface area contributed by atoms with Crippen LogP contribution < -0.4 is 0 Å². The molecule has 0 aliphatic heterocycles. The van der Waals surface area contributed by atoms with Crippen LogP contribution in [0.3, 0.4) is 0 Å². The Morgan fingerprint density at radius 2 is 1.82 bits per heavy atom. The summed E-state index contributed by atoms with van der Waals surface area (Å²) in [6.45, 7) is 6.77. The minimum atomic E-state index is 0.372. The summed E-state index contributed by atoms with van der Waals surface area (Å²) in [6.07, 6.45) is 6.74. The van der Waals surface area contributed by atoms with Gasteiger partial charge in [-0.3, -0.25) is 0 Å². The van der Waals surface area contributed by atoms with Crippen molar-refractivity contribution in [3.63, 3.8) is 0 Å². The van der Waals surface area contributed by atoms with E-state index in [4.69, 9.17) is 0 Å². The highest BCUT2D eigenvalue weighted by Crippen LogP contribution is 2.32. The van der Waals surface area contributed by atoms with E-state index < -0.39 is 0 Å². The molecule has 0 aliphatic rings. The molecule has 0 atom stereocenters. The molecule has 0 aromatic rings. The summed E-state index contributed by atoms with van der Waals surface area (Å²) in [6, 6.07) is 0. The topological polar surface area (TPSA) is 0 Å². The zero-order chi connectivity index (χ0) is 8.74. The first-order valence-corrected chi connectivity index (χ1v) is 6.32. The lowest BCUT2D eigenvalue weighted by atomic mass is 10.0. The van der Waals surface area contributed by atoms with Crippen LogP contribution in [-0.2, 0) is 0 Å². The van der Waals surface area contributed by atoms with Gasteiger partial charge in [-0.05, 0) is 20.3 Å². The second kappa shape index (κ2) is 6.24. The van der Waals surface area contributed by atoms with Gasteiger partial charge in [-0.25, -0.2) is 0 Å². The first-order chi connectivity index (χ1) is 5.12. The molecule has 0 N–H and O–H groups in total. The summed E-state index contributed by atoms with van der Waals surface area (Å²) in [5.74, 6) is 0. The minimum Gasteiger partial charge on any atom is -0.111 e. The van der Waals surface area contributed by atoms with Crippen LogP contribution in [0, 0.1) is 0 Å². The summed E-state index contributed by atoms with van der Waals surface area (Å²) in [4.78, 5) is 0. The molecule has 0 aromatic carbocycles. The molecule has 0 aliphatic carbocycles. The van der Waals surface area contributed by atoms with E-state index in [-0.39, 0.29) is 0 Å². The van der Waals surface area contributed by atoms with Crippen molar-refractivity contribution in [1.29, 1.82) is 0 Å². The molecule has 0 saturated heterocycles. The van der Waals surface area contributed by atoms with Gasteiger partial charge in [0, 0.05) is 4.75 Å². The number of unbranched alkanes of at least 4 members (excludes halogenated alkanes) is 3. The fourth-order valence-corrected chi connectivity index (χ4v) is 1.53. The molecule has 11 heavy (non-hydrogen) atoms. The molecule has 0 amide bonds. The molecule has 0 nitrogen and oxygen atoms in total. The Morgan fingerprint density at radius 1 is 1.18 bits per heavy atom. The highest BCUT2D eigenvalue weighted by Gasteiger charge is 2.15. The summed E-state index contributed by atoms with van der Waals surface area (Å²) in [5, 5.41) is 0. The molecular formula is C9H20S2. The van der Waals surface area contributed by atoms with E-state index in [0.717, 1.165) is 0 Å². The van der Waals surface area contributed by atoms with Crippen molar-refractivity contribution in [2.75, 3.05) is 0 Å². The van der Waals surface area contributed by atoms with Crippen molar-refractivity contribution in [3.8, 4) is 0 Å². The van der Waals surface area contributed by atoms with E-state index in [2.05, 4.69) is 32.4 Å². The normalized spacial score (nSPS) is 12.0. The van der Waals surface area contributed by atoms with Crippen molar-refractivity contribution in [2.24, 2.45) is 0 Å². The molecule has 68 valence electrons. The maximum absolute atomic E-state index is 4.24. The lowest BCUT2D eigenvalue weighted by Crippen LogP contribution is -2.11. The van der Waals surface area contributed by atoms with E-state index in [9.17, 15) is 0 Å². The fraction of sp³-hybridized carbons (Fsp3) is 1.00. The van der Waals surface area contributed by atoms with E-state index >= 15 is 0 Å². The molecule has 0 spiro atoms. The monoisotopic (exact) mass is 192 g/mol. The molecule has 0 saturated carbocycles. The van der Waals surface area contributed by atoms with E-state index in [1.54, 1.807) is 10.8 Å². The summed E-state index contributed by atoms with van der Waals surface area (Å²) < 4.78 is 0.372. The smallest absolute Gasteiger partial charge is 0.0205 e. The predicted molar refractivity (Wildman–Crippen MR) is 59.4 cm³/mol. The highest BCUT2D eigenvalue weighted by molar-refractivity contribution is 8.69. The SMILES string of the molecule is CCCCCCC(C)(C)SS. The Bertz CT molecular complexity index is 89.6. The Morgan fingerprint density at radius 3 is 2.27 bits per heavy atom. The van der Waals surface area contributed by atoms with Gasteiger partial charge in [0.2, 0.25) is 0 Å². The van der Waals surface area contributed by atoms with Gasteiger partial charge in [0.05, 0.1) is 0 Å². The van der Waals surface area contributed by atoms with Crippen LogP contribution in [0.1, 0.15) is 52.9 Å². The average molecular weight is 192 g/mol. The number of hydrogen-bond donors (Lipinski definition) is 1. The van der Waals surface area contributed by atoms with Crippen LogP contribution >= 0.6 is 22.5 Å². The van der Waals surface area contributed by atoms with Gasteiger partial charge in [0.15, 0.2) is 0 Å². The minimum absolute atomic E-state index is 0.372.